The standard InChI is InChI=1S/C34H44Cl2N6O/c1-20-17-42(18-21(2)38-20)32(40-30-16-34(6)15-26(22(30)3)33(34,4)5)39-24-8-9-25-29(14-24)37-19-41(31(25)43)12-11-23-7-10-27(35)28(36)13-23/h7-10,13-14,19-22,26,30,38H,11-12,15-18H2,1-6H3,(H,39,40)/t20-,21+,22-,26+,30-,34-/m0/s1. The molecule has 43 heavy (non-hydrogen) atoms. The van der Waals surface area contributed by atoms with Gasteiger partial charge in [0.15, 0.2) is 5.96 Å². The molecule has 2 heterocycles. The van der Waals surface area contributed by atoms with Gasteiger partial charge in [0.2, 0.25) is 0 Å². The normalized spacial score (nSPS) is 30.3. The van der Waals surface area contributed by atoms with Crippen molar-refractivity contribution in [1.82, 2.24) is 19.8 Å². The van der Waals surface area contributed by atoms with E-state index in [1.165, 1.54) is 6.42 Å². The van der Waals surface area contributed by atoms with Gasteiger partial charge in [-0.25, -0.2) is 9.98 Å². The Labute approximate surface area is 265 Å². The van der Waals surface area contributed by atoms with Crippen molar-refractivity contribution in [3.05, 3.63) is 68.7 Å². The molecule has 0 radical (unpaired) electrons. The van der Waals surface area contributed by atoms with Gasteiger partial charge in [0.1, 0.15) is 0 Å². The third-order valence-corrected chi connectivity index (χ3v) is 11.6. The van der Waals surface area contributed by atoms with Crippen molar-refractivity contribution in [2.45, 2.75) is 85.5 Å². The lowest BCUT2D eigenvalue weighted by Gasteiger charge is -2.68. The molecule has 0 unspecified atom stereocenters. The van der Waals surface area contributed by atoms with Gasteiger partial charge >= 0.3 is 0 Å². The van der Waals surface area contributed by atoms with Crippen molar-refractivity contribution in [1.29, 1.82) is 0 Å². The van der Waals surface area contributed by atoms with Crippen LogP contribution in [0, 0.1) is 22.7 Å². The van der Waals surface area contributed by atoms with E-state index >= 15 is 0 Å². The summed E-state index contributed by atoms with van der Waals surface area (Å²) < 4.78 is 1.66. The predicted molar refractivity (Wildman–Crippen MR) is 178 cm³/mol. The highest BCUT2D eigenvalue weighted by Crippen LogP contribution is 2.69. The number of hydrogen-bond donors (Lipinski definition) is 2. The van der Waals surface area contributed by atoms with E-state index in [0.717, 1.165) is 36.7 Å². The molecule has 9 heteroatoms. The first kappa shape index (κ1) is 30.4. The summed E-state index contributed by atoms with van der Waals surface area (Å²) in [5.41, 5.74) is 3.23. The van der Waals surface area contributed by atoms with Crippen LogP contribution in [0.1, 0.15) is 59.9 Å². The third kappa shape index (κ3) is 5.69. The highest BCUT2D eigenvalue weighted by molar-refractivity contribution is 6.42. The number of rotatable bonds is 5. The van der Waals surface area contributed by atoms with Crippen LogP contribution in [-0.2, 0) is 13.0 Å². The summed E-state index contributed by atoms with van der Waals surface area (Å²) in [6.07, 6.45) is 4.71. The second kappa shape index (κ2) is 11.4. The highest BCUT2D eigenvalue weighted by Gasteiger charge is 2.63. The van der Waals surface area contributed by atoms with E-state index in [0.29, 0.717) is 68.7 Å². The lowest BCUT2D eigenvalue weighted by Crippen LogP contribution is -2.63. The molecule has 3 aromatic rings. The molecule has 6 atom stereocenters. The quantitative estimate of drug-likeness (QED) is 0.240. The molecule has 7 nitrogen and oxygen atoms in total. The molecule has 3 saturated carbocycles. The van der Waals surface area contributed by atoms with Crippen LogP contribution in [0.4, 0.5) is 5.69 Å². The number of benzene rings is 2. The van der Waals surface area contributed by atoms with Crippen molar-refractivity contribution >= 4 is 45.8 Å². The molecular formula is C34H44Cl2N6O. The van der Waals surface area contributed by atoms with E-state index in [2.05, 4.69) is 62.1 Å². The van der Waals surface area contributed by atoms with Crippen molar-refractivity contribution in [2.24, 2.45) is 27.7 Å². The van der Waals surface area contributed by atoms with E-state index in [-0.39, 0.29) is 11.6 Å². The van der Waals surface area contributed by atoms with Crippen molar-refractivity contribution in [3.8, 4) is 0 Å². The van der Waals surface area contributed by atoms with Crippen LogP contribution in [0.25, 0.3) is 10.9 Å². The smallest absolute Gasteiger partial charge is 0.261 e. The van der Waals surface area contributed by atoms with Crippen LogP contribution in [-0.4, -0.2) is 51.6 Å². The van der Waals surface area contributed by atoms with E-state index < -0.39 is 0 Å². The van der Waals surface area contributed by atoms with Crippen molar-refractivity contribution in [2.75, 3.05) is 18.4 Å². The van der Waals surface area contributed by atoms with E-state index in [1.54, 1.807) is 17.0 Å². The minimum atomic E-state index is -0.0543. The Bertz CT molecular complexity index is 1610. The molecule has 1 aliphatic heterocycles. The molecule has 0 spiro atoms. The maximum atomic E-state index is 13.4. The molecule has 7 rings (SSSR count). The number of halogens is 2. The summed E-state index contributed by atoms with van der Waals surface area (Å²) in [6, 6.07) is 12.4. The molecule has 3 aliphatic carbocycles. The van der Waals surface area contributed by atoms with Gasteiger partial charge in [0.25, 0.3) is 5.56 Å². The summed E-state index contributed by atoms with van der Waals surface area (Å²) in [4.78, 5) is 25.9. The summed E-state index contributed by atoms with van der Waals surface area (Å²) in [7, 11) is 0. The average Bonchev–Trinajstić information content (AvgIpc) is 2.95. The number of fused-ring (bicyclic) bond motifs is 3. The van der Waals surface area contributed by atoms with Gasteiger partial charge in [-0.1, -0.05) is 57.0 Å². The van der Waals surface area contributed by atoms with E-state index in [1.807, 2.05) is 30.3 Å². The summed E-state index contributed by atoms with van der Waals surface area (Å²) >= 11 is 12.2. The highest BCUT2D eigenvalue weighted by atomic mass is 35.5. The molecular weight excluding hydrogens is 579 g/mol. The Hall–Kier alpha value is -2.61. The van der Waals surface area contributed by atoms with E-state index in [9.17, 15) is 4.79 Å². The average molecular weight is 624 g/mol. The summed E-state index contributed by atoms with van der Waals surface area (Å²) in [5.74, 6) is 2.16. The van der Waals surface area contributed by atoms with Crippen LogP contribution in [0.5, 0.6) is 0 Å². The number of aryl methyl sites for hydroxylation is 2. The Morgan fingerprint density at radius 2 is 1.79 bits per heavy atom. The minimum Gasteiger partial charge on any atom is -0.340 e. The zero-order valence-electron chi connectivity index (χ0n) is 26.1. The molecule has 2 bridgehead atoms. The van der Waals surface area contributed by atoms with Gasteiger partial charge in [0, 0.05) is 37.4 Å². The number of aliphatic imine (C=N–C) groups is 1. The van der Waals surface area contributed by atoms with Gasteiger partial charge < -0.3 is 15.5 Å². The van der Waals surface area contributed by atoms with Gasteiger partial charge in [-0.15, -0.1) is 0 Å². The van der Waals surface area contributed by atoms with Gasteiger partial charge in [-0.2, -0.15) is 0 Å². The molecule has 4 fully saturated rings. The number of nitrogens with one attached hydrogen (secondary N) is 2. The number of guanidine groups is 1. The van der Waals surface area contributed by atoms with Crippen LogP contribution in [0.15, 0.2) is 52.5 Å². The summed E-state index contributed by atoms with van der Waals surface area (Å²) in [5, 5.41) is 8.97. The number of hydrogen-bond acceptors (Lipinski definition) is 4. The van der Waals surface area contributed by atoms with Crippen LogP contribution >= 0.6 is 23.2 Å². The predicted octanol–water partition coefficient (Wildman–Crippen LogP) is 6.86. The Kier molecular flexibility index (Phi) is 8.06. The monoisotopic (exact) mass is 622 g/mol. The fourth-order valence-corrected chi connectivity index (χ4v) is 8.23. The second-order valence-corrected chi connectivity index (χ2v) is 15.0. The van der Waals surface area contributed by atoms with Gasteiger partial charge in [-0.3, -0.25) is 9.36 Å². The number of nitrogens with zero attached hydrogens (tertiary/aromatic N) is 4. The van der Waals surface area contributed by atoms with E-state index in [4.69, 9.17) is 28.2 Å². The lowest BCUT2D eigenvalue weighted by molar-refractivity contribution is -0.181. The first-order valence-corrected chi connectivity index (χ1v) is 16.4. The van der Waals surface area contributed by atoms with Crippen LogP contribution < -0.4 is 16.2 Å². The number of piperazine rings is 1. The number of anilines is 1. The lowest BCUT2D eigenvalue weighted by atomic mass is 9.37. The first-order chi connectivity index (χ1) is 20.3. The van der Waals surface area contributed by atoms with Gasteiger partial charge in [-0.05, 0) is 91.7 Å². The zero-order chi connectivity index (χ0) is 30.7. The van der Waals surface area contributed by atoms with Crippen molar-refractivity contribution < 1.29 is 0 Å². The topological polar surface area (TPSA) is 74.5 Å². The molecule has 1 saturated heterocycles. The molecule has 1 aromatic heterocycles. The van der Waals surface area contributed by atoms with Crippen LogP contribution in [0.3, 0.4) is 0 Å². The first-order valence-electron chi connectivity index (χ1n) is 15.6. The van der Waals surface area contributed by atoms with Gasteiger partial charge in [0.05, 0.1) is 33.3 Å². The Morgan fingerprint density at radius 1 is 1.05 bits per heavy atom. The van der Waals surface area contributed by atoms with Crippen LogP contribution in [0.2, 0.25) is 10.0 Å². The largest absolute Gasteiger partial charge is 0.340 e. The summed E-state index contributed by atoms with van der Waals surface area (Å²) in [6.45, 7) is 16.5. The Morgan fingerprint density at radius 3 is 2.49 bits per heavy atom. The fraction of sp³-hybridized carbons (Fsp3) is 0.559. The zero-order valence-corrected chi connectivity index (χ0v) is 27.6. The Balaban J connectivity index is 1.25. The third-order valence-electron chi connectivity index (χ3n) is 10.9. The molecule has 2 N–H and O–H groups in total. The second-order valence-electron chi connectivity index (χ2n) is 14.1. The minimum absolute atomic E-state index is 0.0543. The molecule has 4 aliphatic rings. The van der Waals surface area contributed by atoms with Crippen molar-refractivity contribution in [3.63, 3.8) is 0 Å². The fourth-order valence-electron chi connectivity index (χ4n) is 7.91. The number of aromatic nitrogens is 2. The SMILES string of the molecule is C[C@@H]1[C@@H](N=C(Nc2ccc3c(=O)n(CCc4ccc(Cl)c(Cl)c4)cnc3c2)N2C[C@@H](C)N[C@@H](C)C2)C[C@]2(C)C[C@H]1C2(C)C. The molecule has 230 valence electrons. The molecule has 2 aromatic carbocycles. The maximum Gasteiger partial charge on any atom is 0.261 e. The maximum absolute atomic E-state index is 13.4. The molecule has 0 amide bonds.